The van der Waals surface area contributed by atoms with Crippen molar-refractivity contribution in [2.24, 2.45) is 0 Å². The lowest BCUT2D eigenvalue weighted by molar-refractivity contribution is -0.129. The number of H-pyrrole nitrogens is 1. The molecule has 0 aromatic carbocycles. The molecule has 2 heterocycles. The summed E-state index contributed by atoms with van der Waals surface area (Å²) in [6, 6.07) is 3.44. The second-order valence-corrected chi connectivity index (χ2v) is 3.86. The molecule has 80 valence electrons. The molecule has 0 saturated carbocycles. The van der Waals surface area contributed by atoms with Crippen LogP contribution in [0.5, 0.6) is 0 Å². The van der Waals surface area contributed by atoms with Crippen molar-refractivity contribution in [1.29, 1.82) is 0 Å². The number of carbonyl (C=O) groups excluding carboxylic acids is 1. The first kappa shape index (κ1) is 9.96. The van der Waals surface area contributed by atoms with Gasteiger partial charge in [-0.1, -0.05) is 6.07 Å². The molecule has 4 nitrogen and oxygen atoms in total. The van der Waals surface area contributed by atoms with Gasteiger partial charge in [-0.2, -0.15) is 0 Å². The fourth-order valence-corrected chi connectivity index (χ4v) is 2.12. The van der Waals surface area contributed by atoms with Crippen molar-refractivity contribution in [1.82, 2.24) is 9.88 Å². The molecule has 1 aliphatic rings. The Kier molecular flexibility index (Phi) is 2.58. The van der Waals surface area contributed by atoms with Crippen LogP contribution >= 0.6 is 0 Å². The molecule has 1 fully saturated rings. The van der Waals surface area contributed by atoms with Crippen molar-refractivity contribution in [2.45, 2.75) is 25.8 Å². The first-order valence-electron chi connectivity index (χ1n) is 5.14. The Morgan fingerprint density at radius 2 is 2.33 bits per heavy atom. The zero-order valence-corrected chi connectivity index (χ0v) is 8.69. The molecule has 2 rings (SSSR count). The van der Waals surface area contributed by atoms with Gasteiger partial charge in [0.05, 0.1) is 6.04 Å². The van der Waals surface area contributed by atoms with Gasteiger partial charge in [-0.05, 0) is 18.4 Å². The SMILES string of the molecule is CC(=O)N1CCC[C@H]1c1ccc(=O)[nH]c1. The van der Waals surface area contributed by atoms with E-state index in [9.17, 15) is 9.59 Å². The van der Waals surface area contributed by atoms with Crippen molar-refractivity contribution in [3.05, 3.63) is 34.2 Å². The number of nitrogens with zero attached hydrogens (tertiary/aromatic N) is 1. The van der Waals surface area contributed by atoms with Crippen LogP contribution in [0.25, 0.3) is 0 Å². The summed E-state index contributed by atoms with van der Waals surface area (Å²) >= 11 is 0. The van der Waals surface area contributed by atoms with E-state index in [-0.39, 0.29) is 17.5 Å². The lowest BCUT2D eigenvalue weighted by atomic mass is 10.1. The lowest BCUT2D eigenvalue weighted by Gasteiger charge is -2.23. The second-order valence-electron chi connectivity index (χ2n) is 3.86. The zero-order valence-electron chi connectivity index (χ0n) is 8.69. The average Bonchev–Trinajstić information content (AvgIpc) is 2.67. The molecule has 0 aliphatic carbocycles. The number of hydrogen-bond donors (Lipinski definition) is 1. The highest BCUT2D eigenvalue weighted by Crippen LogP contribution is 2.30. The number of pyridine rings is 1. The third-order valence-electron chi connectivity index (χ3n) is 2.85. The Morgan fingerprint density at radius 1 is 1.53 bits per heavy atom. The molecule has 0 bridgehead atoms. The van der Waals surface area contributed by atoms with E-state index in [1.807, 2.05) is 4.90 Å². The quantitative estimate of drug-likeness (QED) is 0.747. The highest BCUT2D eigenvalue weighted by atomic mass is 16.2. The summed E-state index contributed by atoms with van der Waals surface area (Å²) in [5.74, 6) is 0.101. The first-order valence-corrected chi connectivity index (χ1v) is 5.14. The molecule has 0 unspecified atom stereocenters. The van der Waals surface area contributed by atoms with E-state index in [4.69, 9.17) is 0 Å². The minimum Gasteiger partial charge on any atom is -0.336 e. The highest BCUT2D eigenvalue weighted by Gasteiger charge is 2.27. The zero-order chi connectivity index (χ0) is 10.8. The van der Waals surface area contributed by atoms with Crippen LogP contribution in [-0.4, -0.2) is 22.3 Å². The van der Waals surface area contributed by atoms with E-state index < -0.39 is 0 Å². The summed E-state index contributed by atoms with van der Waals surface area (Å²) in [6.45, 7) is 2.41. The molecule has 1 saturated heterocycles. The van der Waals surface area contributed by atoms with Gasteiger partial charge in [0.1, 0.15) is 0 Å². The van der Waals surface area contributed by atoms with Gasteiger partial charge >= 0.3 is 0 Å². The number of hydrogen-bond acceptors (Lipinski definition) is 2. The predicted molar refractivity (Wildman–Crippen MR) is 56.4 cm³/mol. The molecule has 15 heavy (non-hydrogen) atoms. The Labute approximate surface area is 87.9 Å². The van der Waals surface area contributed by atoms with Crippen molar-refractivity contribution < 1.29 is 4.79 Å². The number of nitrogens with one attached hydrogen (secondary N) is 1. The third kappa shape index (κ3) is 1.93. The Hall–Kier alpha value is -1.58. The molecule has 1 aromatic heterocycles. The maximum atomic E-state index is 11.4. The van der Waals surface area contributed by atoms with E-state index in [0.29, 0.717) is 0 Å². The van der Waals surface area contributed by atoms with Crippen molar-refractivity contribution in [2.75, 3.05) is 6.54 Å². The molecular weight excluding hydrogens is 192 g/mol. The van der Waals surface area contributed by atoms with Crippen LogP contribution in [0, 0.1) is 0 Å². The van der Waals surface area contributed by atoms with Crippen LogP contribution in [0.4, 0.5) is 0 Å². The lowest BCUT2D eigenvalue weighted by Crippen LogP contribution is -2.28. The minimum absolute atomic E-state index is 0.101. The maximum absolute atomic E-state index is 11.4. The van der Waals surface area contributed by atoms with Crippen molar-refractivity contribution in [3.8, 4) is 0 Å². The van der Waals surface area contributed by atoms with Crippen LogP contribution in [0.3, 0.4) is 0 Å². The molecule has 1 aromatic rings. The van der Waals surface area contributed by atoms with Gasteiger partial charge in [-0.25, -0.2) is 0 Å². The molecule has 1 amide bonds. The van der Waals surface area contributed by atoms with E-state index >= 15 is 0 Å². The number of aromatic nitrogens is 1. The Morgan fingerprint density at radius 3 is 2.93 bits per heavy atom. The highest BCUT2D eigenvalue weighted by molar-refractivity contribution is 5.74. The molecular formula is C11H14N2O2. The Balaban J connectivity index is 2.26. The standard InChI is InChI=1S/C11H14N2O2/c1-8(14)13-6-2-3-10(13)9-4-5-11(15)12-7-9/h4-5,7,10H,2-3,6H2,1H3,(H,12,15)/t10-/m0/s1. The van der Waals surface area contributed by atoms with Crippen LogP contribution in [0.2, 0.25) is 0 Å². The predicted octanol–water partition coefficient (Wildman–Crippen LogP) is 1.06. The monoisotopic (exact) mass is 206 g/mol. The van der Waals surface area contributed by atoms with Gasteiger partial charge in [-0.15, -0.1) is 0 Å². The minimum atomic E-state index is -0.105. The fourth-order valence-electron chi connectivity index (χ4n) is 2.12. The second kappa shape index (κ2) is 3.88. The summed E-state index contributed by atoms with van der Waals surface area (Å²) in [5, 5.41) is 0. The topological polar surface area (TPSA) is 53.2 Å². The normalized spacial score (nSPS) is 20.6. The fraction of sp³-hybridized carbons (Fsp3) is 0.455. The summed E-state index contributed by atoms with van der Waals surface area (Å²) in [6.07, 6.45) is 3.71. The van der Waals surface area contributed by atoms with Gasteiger partial charge < -0.3 is 9.88 Å². The third-order valence-corrected chi connectivity index (χ3v) is 2.85. The van der Waals surface area contributed by atoms with E-state index in [1.54, 1.807) is 19.2 Å². The van der Waals surface area contributed by atoms with Crippen LogP contribution in [0.1, 0.15) is 31.4 Å². The smallest absolute Gasteiger partial charge is 0.247 e. The van der Waals surface area contributed by atoms with Crippen molar-refractivity contribution in [3.63, 3.8) is 0 Å². The van der Waals surface area contributed by atoms with Gasteiger partial charge in [0.25, 0.3) is 0 Å². The van der Waals surface area contributed by atoms with Crippen LogP contribution < -0.4 is 5.56 Å². The summed E-state index contributed by atoms with van der Waals surface area (Å²) < 4.78 is 0. The molecule has 4 heteroatoms. The van der Waals surface area contributed by atoms with Crippen LogP contribution in [-0.2, 0) is 4.79 Å². The summed E-state index contributed by atoms with van der Waals surface area (Å²) in [5.41, 5.74) is 0.911. The molecule has 1 N–H and O–H groups in total. The Bertz CT molecular complexity index is 404. The number of rotatable bonds is 1. The maximum Gasteiger partial charge on any atom is 0.247 e. The van der Waals surface area contributed by atoms with E-state index in [0.717, 1.165) is 24.9 Å². The summed E-state index contributed by atoms with van der Waals surface area (Å²) in [4.78, 5) is 26.8. The van der Waals surface area contributed by atoms with Crippen LogP contribution in [0.15, 0.2) is 23.1 Å². The number of amides is 1. The number of aromatic amines is 1. The molecule has 1 aliphatic heterocycles. The average molecular weight is 206 g/mol. The largest absolute Gasteiger partial charge is 0.336 e. The number of likely N-dealkylation sites (tertiary alicyclic amines) is 1. The van der Waals surface area contributed by atoms with E-state index in [2.05, 4.69) is 4.98 Å². The first-order chi connectivity index (χ1) is 7.18. The van der Waals surface area contributed by atoms with Gasteiger partial charge in [0, 0.05) is 25.7 Å². The van der Waals surface area contributed by atoms with Gasteiger partial charge in [0.15, 0.2) is 0 Å². The molecule has 1 atom stereocenters. The molecule has 0 spiro atoms. The van der Waals surface area contributed by atoms with Crippen molar-refractivity contribution >= 4 is 5.91 Å². The van der Waals surface area contributed by atoms with E-state index in [1.165, 1.54) is 6.07 Å². The summed E-state index contributed by atoms with van der Waals surface area (Å²) in [7, 11) is 0. The molecule has 0 radical (unpaired) electrons. The van der Waals surface area contributed by atoms with Gasteiger partial charge in [0.2, 0.25) is 11.5 Å². The van der Waals surface area contributed by atoms with Gasteiger partial charge in [-0.3, -0.25) is 9.59 Å². The number of carbonyl (C=O) groups is 1.